The van der Waals surface area contributed by atoms with Gasteiger partial charge in [-0.2, -0.15) is 0 Å². The first-order chi connectivity index (χ1) is 11.9. The molecule has 0 aromatic heterocycles. The van der Waals surface area contributed by atoms with Crippen molar-refractivity contribution in [2.24, 2.45) is 0 Å². The van der Waals surface area contributed by atoms with E-state index >= 15 is 0 Å². The van der Waals surface area contributed by atoms with Crippen molar-refractivity contribution in [1.29, 1.82) is 0 Å². The first-order valence-corrected chi connectivity index (χ1v) is 7.78. The molecule has 0 saturated heterocycles. The normalized spacial score (nSPS) is 9.96. The lowest BCUT2D eigenvalue weighted by atomic mass is 9.99. The third-order valence-electron chi connectivity index (χ3n) is 3.79. The van der Waals surface area contributed by atoms with Crippen LogP contribution in [0, 0.1) is 0 Å². The van der Waals surface area contributed by atoms with Crippen LogP contribution in [0.4, 0.5) is 0 Å². The third kappa shape index (κ3) is 4.64. The van der Waals surface area contributed by atoms with Crippen molar-refractivity contribution in [2.75, 3.05) is 6.61 Å². The fourth-order valence-corrected chi connectivity index (χ4v) is 2.18. The zero-order valence-electron chi connectivity index (χ0n) is 14.2. The number of esters is 1. The number of ether oxygens (including phenoxy) is 1. The Morgan fingerprint density at radius 1 is 1.04 bits per heavy atom. The molecule has 2 aromatic rings. The molecule has 3 heteroatoms. The second kappa shape index (κ2) is 8.06. The van der Waals surface area contributed by atoms with Crippen LogP contribution in [0.5, 0.6) is 0 Å². The summed E-state index contributed by atoms with van der Waals surface area (Å²) in [4.78, 5) is 23.5. The average Bonchev–Trinajstić information content (AvgIpc) is 2.65. The highest BCUT2D eigenvalue weighted by atomic mass is 16.5. The van der Waals surface area contributed by atoms with Crippen molar-refractivity contribution in [3.8, 4) is 11.1 Å². The van der Waals surface area contributed by atoms with Crippen LogP contribution in [0.2, 0.25) is 0 Å². The Kier molecular flexibility index (Phi) is 5.85. The van der Waals surface area contributed by atoms with Gasteiger partial charge in [0.15, 0.2) is 0 Å². The predicted octanol–water partition coefficient (Wildman–Crippen LogP) is 5.10. The number of carbonyl (C=O) groups excluding carboxylic acids is 2. The first kappa shape index (κ1) is 18.1. The van der Waals surface area contributed by atoms with Crippen LogP contribution in [-0.4, -0.2) is 18.9 Å². The topological polar surface area (TPSA) is 43.4 Å². The van der Waals surface area contributed by atoms with Gasteiger partial charge in [-0.3, -0.25) is 4.79 Å². The lowest BCUT2D eigenvalue weighted by molar-refractivity contribution is 0.0542. The van der Waals surface area contributed by atoms with Gasteiger partial charge in [0.25, 0.3) is 0 Å². The van der Waals surface area contributed by atoms with Crippen LogP contribution in [0.25, 0.3) is 17.2 Å². The Labute approximate surface area is 148 Å². The van der Waals surface area contributed by atoms with E-state index in [1.807, 2.05) is 24.3 Å². The Hall–Kier alpha value is -3.20. The fourth-order valence-electron chi connectivity index (χ4n) is 2.18. The molecule has 0 N–H and O–H groups in total. The van der Waals surface area contributed by atoms with E-state index < -0.39 is 5.97 Å². The Morgan fingerprint density at radius 3 is 2.28 bits per heavy atom. The quantitative estimate of drug-likeness (QED) is 0.402. The number of carbonyl (C=O) groups is 2. The van der Waals surface area contributed by atoms with Gasteiger partial charge in [-0.05, 0) is 47.4 Å². The standard InChI is InChI=1S/C22H20O3/c1-5-17-6-8-19(9-7-17)20-10-18(13-23)11-21(12-20)22(24)25-14-16(4)15(2)3/h5-13H,1-2,4,14H2,3H3. The molecule has 0 bridgehead atoms. The van der Waals surface area contributed by atoms with E-state index in [1.165, 1.54) is 6.07 Å². The molecule has 0 saturated carbocycles. The summed E-state index contributed by atoms with van der Waals surface area (Å²) in [6.07, 6.45) is 2.47. The number of benzene rings is 2. The minimum Gasteiger partial charge on any atom is -0.457 e. The van der Waals surface area contributed by atoms with Crippen LogP contribution < -0.4 is 0 Å². The second-order valence-electron chi connectivity index (χ2n) is 5.75. The fraction of sp³-hybridized carbons (Fsp3) is 0.0909. The van der Waals surface area contributed by atoms with E-state index in [2.05, 4.69) is 19.7 Å². The molecule has 0 heterocycles. The number of hydrogen-bond acceptors (Lipinski definition) is 3. The molecular weight excluding hydrogens is 312 g/mol. The van der Waals surface area contributed by atoms with Gasteiger partial charge >= 0.3 is 5.97 Å². The number of aldehydes is 1. The first-order valence-electron chi connectivity index (χ1n) is 7.78. The molecule has 0 spiro atoms. The molecule has 0 atom stereocenters. The Bertz CT molecular complexity index is 842. The predicted molar refractivity (Wildman–Crippen MR) is 102 cm³/mol. The molecule has 0 radical (unpaired) electrons. The van der Waals surface area contributed by atoms with E-state index in [4.69, 9.17) is 4.74 Å². The molecule has 0 aliphatic carbocycles. The van der Waals surface area contributed by atoms with E-state index in [0.29, 0.717) is 23.0 Å². The molecule has 2 rings (SSSR count). The summed E-state index contributed by atoms with van der Waals surface area (Å²) in [5.74, 6) is -0.505. The highest BCUT2D eigenvalue weighted by Gasteiger charge is 2.12. The molecule has 3 nitrogen and oxygen atoms in total. The van der Waals surface area contributed by atoms with Gasteiger partial charge in [0.1, 0.15) is 12.9 Å². The summed E-state index contributed by atoms with van der Waals surface area (Å²) >= 11 is 0. The van der Waals surface area contributed by atoms with Crippen molar-refractivity contribution in [2.45, 2.75) is 6.92 Å². The summed E-state index contributed by atoms with van der Waals surface area (Å²) < 4.78 is 5.25. The van der Waals surface area contributed by atoms with Crippen LogP contribution in [-0.2, 0) is 4.74 Å². The van der Waals surface area contributed by atoms with Crippen molar-refractivity contribution >= 4 is 18.3 Å². The molecule has 0 fully saturated rings. The second-order valence-corrected chi connectivity index (χ2v) is 5.75. The largest absolute Gasteiger partial charge is 0.457 e. The van der Waals surface area contributed by atoms with Gasteiger partial charge in [0.05, 0.1) is 5.56 Å². The molecule has 0 unspecified atom stereocenters. The van der Waals surface area contributed by atoms with Crippen LogP contribution in [0.15, 0.2) is 73.3 Å². The molecule has 25 heavy (non-hydrogen) atoms. The smallest absolute Gasteiger partial charge is 0.338 e. The van der Waals surface area contributed by atoms with Crippen molar-refractivity contribution in [3.05, 3.63) is 90.0 Å². The number of rotatable bonds is 7. The summed E-state index contributed by atoms with van der Waals surface area (Å²) in [6.45, 7) is 13.1. The van der Waals surface area contributed by atoms with E-state index in [0.717, 1.165) is 22.3 Å². The maximum atomic E-state index is 12.3. The minimum atomic E-state index is -0.505. The van der Waals surface area contributed by atoms with Gasteiger partial charge in [-0.15, -0.1) is 0 Å². The minimum absolute atomic E-state index is 0.0723. The highest BCUT2D eigenvalue weighted by Crippen LogP contribution is 2.23. The van der Waals surface area contributed by atoms with Crippen molar-refractivity contribution in [1.82, 2.24) is 0 Å². The van der Waals surface area contributed by atoms with Crippen LogP contribution in [0.3, 0.4) is 0 Å². The Morgan fingerprint density at radius 2 is 1.72 bits per heavy atom. The molecule has 2 aromatic carbocycles. The van der Waals surface area contributed by atoms with Crippen LogP contribution in [0.1, 0.15) is 33.2 Å². The zero-order valence-corrected chi connectivity index (χ0v) is 14.2. The van der Waals surface area contributed by atoms with E-state index in [1.54, 1.807) is 25.1 Å². The van der Waals surface area contributed by atoms with E-state index in [9.17, 15) is 9.59 Å². The third-order valence-corrected chi connectivity index (χ3v) is 3.79. The lowest BCUT2D eigenvalue weighted by Gasteiger charge is -2.10. The lowest BCUT2D eigenvalue weighted by Crippen LogP contribution is -2.09. The van der Waals surface area contributed by atoms with Gasteiger partial charge in [-0.25, -0.2) is 4.79 Å². The van der Waals surface area contributed by atoms with Crippen molar-refractivity contribution < 1.29 is 14.3 Å². The van der Waals surface area contributed by atoms with Gasteiger partial charge in [0, 0.05) is 5.56 Å². The molecular formula is C22H20O3. The summed E-state index contributed by atoms with van der Waals surface area (Å²) in [5.41, 5.74) is 4.81. The molecule has 0 aliphatic rings. The highest BCUT2D eigenvalue weighted by molar-refractivity contribution is 5.94. The number of hydrogen-bond donors (Lipinski definition) is 0. The van der Waals surface area contributed by atoms with E-state index in [-0.39, 0.29) is 6.61 Å². The van der Waals surface area contributed by atoms with Crippen LogP contribution >= 0.6 is 0 Å². The maximum absolute atomic E-state index is 12.3. The monoisotopic (exact) mass is 332 g/mol. The van der Waals surface area contributed by atoms with Gasteiger partial charge < -0.3 is 4.74 Å². The summed E-state index contributed by atoms with van der Waals surface area (Å²) in [7, 11) is 0. The Balaban J connectivity index is 2.30. The average molecular weight is 332 g/mol. The molecule has 126 valence electrons. The zero-order chi connectivity index (χ0) is 18.4. The maximum Gasteiger partial charge on any atom is 0.338 e. The molecule has 0 aliphatic heterocycles. The SMILES string of the molecule is C=Cc1ccc(-c2cc(C=O)cc(C(=O)OCC(=C)C(=C)C)c2)cc1. The van der Waals surface area contributed by atoms with Crippen molar-refractivity contribution in [3.63, 3.8) is 0 Å². The molecule has 0 amide bonds. The van der Waals surface area contributed by atoms with Gasteiger partial charge in [-0.1, -0.05) is 55.7 Å². The summed E-state index contributed by atoms with van der Waals surface area (Å²) in [6, 6.07) is 12.6. The van der Waals surface area contributed by atoms with Gasteiger partial charge in [0.2, 0.25) is 0 Å². The summed E-state index contributed by atoms with van der Waals surface area (Å²) in [5, 5.41) is 0.